The molecule has 3 N–H and O–H groups in total. The molecule has 0 aromatic heterocycles. The van der Waals surface area contributed by atoms with Crippen molar-refractivity contribution in [2.75, 3.05) is 13.1 Å². The summed E-state index contributed by atoms with van der Waals surface area (Å²) in [4.78, 5) is 30.6. The van der Waals surface area contributed by atoms with Gasteiger partial charge in [0, 0.05) is 60.4 Å². The lowest BCUT2D eigenvalue weighted by Crippen LogP contribution is -2.54. The van der Waals surface area contributed by atoms with E-state index in [4.69, 9.17) is 0 Å². The molecule has 2 aromatic rings. The molecular weight excluding hydrogens is 466 g/mol. The second-order valence-electron chi connectivity index (χ2n) is 11.7. The van der Waals surface area contributed by atoms with Crippen LogP contribution in [0.3, 0.4) is 0 Å². The molecular formula is C30H35N3O4. The molecule has 4 aliphatic rings. The first-order chi connectivity index (χ1) is 17.7. The van der Waals surface area contributed by atoms with Gasteiger partial charge < -0.3 is 25.3 Å². The minimum absolute atomic E-state index is 0.00858. The van der Waals surface area contributed by atoms with Crippen molar-refractivity contribution < 1.29 is 19.8 Å². The molecule has 0 spiro atoms. The smallest absolute Gasteiger partial charge is 0.258 e. The van der Waals surface area contributed by atoms with Crippen LogP contribution < -0.4 is 5.32 Å². The van der Waals surface area contributed by atoms with Crippen LogP contribution in [0.2, 0.25) is 0 Å². The van der Waals surface area contributed by atoms with Crippen molar-refractivity contribution in [3.63, 3.8) is 0 Å². The van der Waals surface area contributed by atoms with Crippen LogP contribution in [0, 0.1) is 0 Å². The van der Waals surface area contributed by atoms with Crippen LogP contribution in [-0.4, -0.2) is 69.2 Å². The molecule has 194 valence electrons. The molecule has 2 aromatic carbocycles. The Morgan fingerprint density at radius 3 is 2.73 bits per heavy atom. The van der Waals surface area contributed by atoms with E-state index in [1.165, 1.54) is 11.1 Å². The van der Waals surface area contributed by atoms with Crippen LogP contribution in [0.5, 0.6) is 0 Å². The number of nitrogens with one attached hydrogen (secondary N) is 1. The molecule has 2 bridgehead atoms. The summed E-state index contributed by atoms with van der Waals surface area (Å²) in [6.45, 7) is 5.62. The molecule has 0 radical (unpaired) electrons. The molecule has 0 aliphatic carbocycles. The van der Waals surface area contributed by atoms with E-state index in [0.717, 1.165) is 24.1 Å². The van der Waals surface area contributed by atoms with Crippen LogP contribution in [-0.2, 0) is 18.4 Å². The van der Waals surface area contributed by atoms with E-state index in [9.17, 15) is 19.8 Å². The number of hydrogen-bond donors (Lipinski definition) is 3. The Bertz CT molecular complexity index is 1290. The third kappa shape index (κ3) is 4.29. The van der Waals surface area contributed by atoms with Gasteiger partial charge in [-0.15, -0.1) is 0 Å². The van der Waals surface area contributed by atoms with Crippen molar-refractivity contribution in [2.24, 2.45) is 0 Å². The number of β-amino-alcohol motifs (C(OH)–C–C–N with tert-alkyl or cyclic N) is 1. The summed E-state index contributed by atoms with van der Waals surface area (Å²) in [6, 6.07) is 13.6. The van der Waals surface area contributed by atoms with Crippen molar-refractivity contribution in [1.29, 1.82) is 0 Å². The molecule has 4 atom stereocenters. The number of nitrogens with zero attached hydrogens (tertiary/aromatic N) is 2. The number of rotatable bonds is 4. The zero-order valence-corrected chi connectivity index (χ0v) is 21.5. The molecule has 4 aliphatic heterocycles. The highest BCUT2D eigenvalue weighted by atomic mass is 16.3. The third-order valence-electron chi connectivity index (χ3n) is 8.59. The zero-order valence-electron chi connectivity index (χ0n) is 21.5. The second kappa shape index (κ2) is 9.08. The van der Waals surface area contributed by atoms with E-state index in [-0.39, 0.29) is 42.0 Å². The number of carbonyl (C=O) groups is 2. The van der Waals surface area contributed by atoms with Crippen LogP contribution >= 0.6 is 0 Å². The molecule has 1 saturated heterocycles. The van der Waals surface area contributed by atoms with Gasteiger partial charge in [-0.1, -0.05) is 44.2 Å². The van der Waals surface area contributed by atoms with Crippen LogP contribution in [0.25, 0.3) is 0 Å². The predicted molar refractivity (Wildman–Crippen MR) is 140 cm³/mol. The fourth-order valence-electron chi connectivity index (χ4n) is 6.65. The van der Waals surface area contributed by atoms with Gasteiger partial charge in [-0.05, 0) is 54.2 Å². The van der Waals surface area contributed by atoms with Gasteiger partial charge in [0.15, 0.2) is 0 Å². The molecule has 6 rings (SSSR count). The molecule has 4 heterocycles. The molecule has 7 nitrogen and oxygen atoms in total. The van der Waals surface area contributed by atoms with Crippen molar-refractivity contribution in [2.45, 2.75) is 75.8 Å². The second-order valence-corrected chi connectivity index (χ2v) is 11.7. The van der Waals surface area contributed by atoms with Gasteiger partial charge in [-0.3, -0.25) is 9.59 Å². The highest BCUT2D eigenvalue weighted by molar-refractivity contribution is 6.01. The Labute approximate surface area is 217 Å². The van der Waals surface area contributed by atoms with E-state index in [1.54, 1.807) is 17.0 Å². The first-order valence-electron chi connectivity index (χ1n) is 13.3. The van der Waals surface area contributed by atoms with Crippen molar-refractivity contribution in [1.82, 2.24) is 15.1 Å². The first-order valence-corrected chi connectivity index (χ1v) is 13.3. The molecule has 1 fully saturated rings. The summed E-state index contributed by atoms with van der Waals surface area (Å²) in [5.41, 5.74) is 5.07. The standard InChI is InChI=1S/C30H35N3O4/c1-30(2)17-32(16-27(35)26-12-18-5-3-4-6-20(18)15-31-26)29(37)24-10-7-19(11-25(24)30)28(36)33-21-8-9-22(33)14-23(34)13-21/h3-8,10-11,22-23,26-27,31,34-35H,9,12-17H2,1-2H3/t22-,23-,26-,27-/m0/s1. The van der Waals surface area contributed by atoms with Crippen LogP contribution in [0.15, 0.2) is 54.2 Å². The van der Waals surface area contributed by atoms with Gasteiger partial charge in [0.2, 0.25) is 0 Å². The molecule has 0 unspecified atom stereocenters. The van der Waals surface area contributed by atoms with Crippen molar-refractivity contribution >= 4 is 11.8 Å². The molecule has 37 heavy (non-hydrogen) atoms. The quantitative estimate of drug-likeness (QED) is 0.599. The minimum atomic E-state index is -0.686. The van der Waals surface area contributed by atoms with Gasteiger partial charge in [0.05, 0.1) is 12.2 Å². The summed E-state index contributed by atoms with van der Waals surface area (Å²) in [7, 11) is 0. The monoisotopic (exact) mass is 501 g/mol. The number of amides is 2. The van der Waals surface area contributed by atoms with Crippen LogP contribution in [0.1, 0.15) is 70.5 Å². The summed E-state index contributed by atoms with van der Waals surface area (Å²) in [6.07, 6.45) is 3.61. The SMILES string of the molecule is CC1(C)CN(C[C@H](O)[C@@H]2Cc3ccccc3CN2)C(=O)c2ccc(C(=O)N3C4=CC[C@H]3C[C@@H](O)C4)cc21. The maximum Gasteiger partial charge on any atom is 0.258 e. The number of piperidine rings is 1. The first kappa shape index (κ1) is 24.3. The highest BCUT2D eigenvalue weighted by Gasteiger charge is 2.41. The summed E-state index contributed by atoms with van der Waals surface area (Å²) < 4.78 is 0. The number of aliphatic hydroxyl groups excluding tert-OH is 2. The van der Waals surface area contributed by atoms with Gasteiger partial charge in [0.25, 0.3) is 11.8 Å². The Kier molecular flexibility index (Phi) is 5.97. The molecule has 0 saturated carbocycles. The fraction of sp³-hybridized carbons (Fsp3) is 0.467. The number of fused-ring (bicyclic) bond motifs is 4. The number of aliphatic hydroxyl groups is 2. The van der Waals surface area contributed by atoms with E-state index in [1.807, 2.05) is 23.1 Å². The highest BCUT2D eigenvalue weighted by Crippen LogP contribution is 2.38. The van der Waals surface area contributed by atoms with Crippen molar-refractivity contribution in [3.05, 3.63) is 82.1 Å². The zero-order chi connectivity index (χ0) is 25.9. The lowest BCUT2D eigenvalue weighted by atomic mass is 9.77. The Balaban J connectivity index is 1.20. The maximum atomic E-state index is 13.5. The number of benzene rings is 2. The van der Waals surface area contributed by atoms with E-state index in [0.29, 0.717) is 37.1 Å². The molecule has 2 amide bonds. The average molecular weight is 502 g/mol. The van der Waals surface area contributed by atoms with E-state index < -0.39 is 6.10 Å². The lowest BCUT2D eigenvalue weighted by molar-refractivity contribution is 0.0443. The van der Waals surface area contributed by atoms with Gasteiger partial charge in [0.1, 0.15) is 0 Å². The summed E-state index contributed by atoms with van der Waals surface area (Å²) >= 11 is 0. The minimum Gasteiger partial charge on any atom is -0.393 e. The fourth-order valence-corrected chi connectivity index (χ4v) is 6.65. The van der Waals surface area contributed by atoms with E-state index >= 15 is 0 Å². The van der Waals surface area contributed by atoms with E-state index in [2.05, 4.69) is 37.4 Å². The third-order valence-corrected chi connectivity index (χ3v) is 8.59. The number of carbonyl (C=O) groups excluding carboxylic acids is 2. The summed E-state index contributed by atoms with van der Waals surface area (Å²) in [5.74, 6) is -0.166. The van der Waals surface area contributed by atoms with Crippen LogP contribution in [0.4, 0.5) is 0 Å². The normalized spacial score (nSPS) is 26.9. The average Bonchev–Trinajstić information content (AvgIpc) is 3.16. The Hall–Kier alpha value is -3.00. The number of hydrogen-bond acceptors (Lipinski definition) is 5. The predicted octanol–water partition coefficient (Wildman–Crippen LogP) is 2.75. The van der Waals surface area contributed by atoms with Crippen molar-refractivity contribution in [3.8, 4) is 0 Å². The van der Waals surface area contributed by atoms with Gasteiger partial charge >= 0.3 is 0 Å². The maximum absolute atomic E-state index is 13.5. The Morgan fingerprint density at radius 1 is 1.16 bits per heavy atom. The lowest BCUT2D eigenvalue weighted by Gasteiger charge is -2.42. The Morgan fingerprint density at radius 2 is 1.95 bits per heavy atom. The largest absolute Gasteiger partial charge is 0.393 e. The van der Waals surface area contributed by atoms with Gasteiger partial charge in [-0.25, -0.2) is 0 Å². The van der Waals surface area contributed by atoms with Gasteiger partial charge in [-0.2, -0.15) is 0 Å². The summed E-state index contributed by atoms with van der Waals surface area (Å²) in [5, 5.41) is 24.6. The topological polar surface area (TPSA) is 93.1 Å². The molecule has 7 heteroatoms.